The summed E-state index contributed by atoms with van der Waals surface area (Å²) in [7, 11) is 0. The minimum absolute atomic E-state index is 0.373. The molecule has 2 rings (SSSR count). The normalized spacial score (nSPS) is 26.5. The predicted molar refractivity (Wildman–Crippen MR) is 57.3 cm³/mol. The maximum absolute atomic E-state index is 5.49. The molecule has 1 fully saturated rings. The smallest absolute Gasteiger partial charge is 0.0769 e. The maximum Gasteiger partial charge on any atom is 0.0769 e. The van der Waals surface area contributed by atoms with Gasteiger partial charge in [0.2, 0.25) is 0 Å². The zero-order chi connectivity index (χ0) is 10.5. The van der Waals surface area contributed by atoms with Crippen molar-refractivity contribution >= 4 is 0 Å². The van der Waals surface area contributed by atoms with E-state index in [2.05, 4.69) is 22.4 Å². The third-order valence-electron chi connectivity index (χ3n) is 2.68. The highest BCUT2D eigenvalue weighted by Crippen LogP contribution is 2.13. The first-order valence-electron chi connectivity index (χ1n) is 5.46. The van der Waals surface area contributed by atoms with Crippen molar-refractivity contribution in [2.75, 3.05) is 6.61 Å². The van der Waals surface area contributed by atoms with Crippen LogP contribution in [0.1, 0.15) is 25.5 Å². The number of nitrogens with one attached hydrogen (secondary N) is 1. The molecule has 1 N–H and O–H groups in total. The van der Waals surface area contributed by atoms with Gasteiger partial charge in [0.15, 0.2) is 0 Å². The van der Waals surface area contributed by atoms with Gasteiger partial charge in [-0.2, -0.15) is 10.2 Å². The average Bonchev–Trinajstić information content (AvgIpc) is 2.28. The molecule has 0 amide bonds. The molecule has 2 heterocycles. The van der Waals surface area contributed by atoms with Gasteiger partial charge in [-0.25, -0.2) is 0 Å². The first-order chi connectivity index (χ1) is 7.34. The minimum Gasteiger partial charge on any atom is -0.378 e. The molecule has 15 heavy (non-hydrogen) atoms. The summed E-state index contributed by atoms with van der Waals surface area (Å²) in [4.78, 5) is 0. The van der Waals surface area contributed by atoms with Gasteiger partial charge < -0.3 is 10.1 Å². The largest absolute Gasteiger partial charge is 0.378 e. The van der Waals surface area contributed by atoms with Crippen molar-refractivity contribution in [1.29, 1.82) is 0 Å². The van der Waals surface area contributed by atoms with Crippen LogP contribution in [0.2, 0.25) is 0 Å². The van der Waals surface area contributed by atoms with Crippen LogP contribution in [0.25, 0.3) is 0 Å². The van der Waals surface area contributed by atoms with Crippen molar-refractivity contribution in [3.63, 3.8) is 0 Å². The Kier molecular flexibility index (Phi) is 3.64. The standard InChI is InChI=1S/C11H17N3O/c1-9-7-10(4-6-15-9)12-8-11-3-2-5-13-14-11/h2-3,5,9-10,12H,4,6-8H2,1H3. The molecular weight excluding hydrogens is 190 g/mol. The minimum atomic E-state index is 0.373. The Morgan fingerprint density at radius 3 is 3.27 bits per heavy atom. The number of hydrogen-bond donors (Lipinski definition) is 1. The van der Waals surface area contributed by atoms with Crippen LogP contribution in [0.5, 0.6) is 0 Å². The van der Waals surface area contributed by atoms with Gasteiger partial charge in [-0.05, 0) is 31.9 Å². The summed E-state index contributed by atoms with van der Waals surface area (Å²) in [6, 6.07) is 4.45. The van der Waals surface area contributed by atoms with E-state index in [0.29, 0.717) is 12.1 Å². The van der Waals surface area contributed by atoms with E-state index in [-0.39, 0.29) is 0 Å². The lowest BCUT2D eigenvalue weighted by molar-refractivity contribution is 0.0130. The summed E-state index contributed by atoms with van der Waals surface area (Å²) < 4.78 is 5.49. The summed E-state index contributed by atoms with van der Waals surface area (Å²) in [5.41, 5.74) is 0.997. The summed E-state index contributed by atoms with van der Waals surface area (Å²) >= 11 is 0. The zero-order valence-electron chi connectivity index (χ0n) is 9.02. The molecule has 2 atom stereocenters. The fourth-order valence-corrected chi connectivity index (χ4v) is 1.86. The molecule has 1 saturated heterocycles. The Bertz CT molecular complexity index is 291. The molecule has 1 aromatic rings. The van der Waals surface area contributed by atoms with Gasteiger partial charge in [0.25, 0.3) is 0 Å². The second-order valence-electron chi connectivity index (χ2n) is 4.00. The first kappa shape index (κ1) is 10.5. The van der Waals surface area contributed by atoms with Crippen LogP contribution in [0.15, 0.2) is 18.3 Å². The molecule has 0 aromatic carbocycles. The van der Waals surface area contributed by atoms with E-state index >= 15 is 0 Å². The molecule has 82 valence electrons. The van der Waals surface area contributed by atoms with E-state index < -0.39 is 0 Å². The van der Waals surface area contributed by atoms with Crippen LogP contribution in [-0.4, -0.2) is 29.0 Å². The Balaban J connectivity index is 1.78. The van der Waals surface area contributed by atoms with Gasteiger partial charge in [-0.3, -0.25) is 0 Å². The van der Waals surface area contributed by atoms with Gasteiger partial charge in [-0.15, -0.1) is 0 Å². The highest BCUT2D eigenvalue weighted by Gasteiger charge is 2.18. The van der Waals surface area contributed by atoms with Crippen LogP contribution >= 0.6 is 0 Å². The van der Waals surface area contributed by atoms with Crippen LogP contribution in [0.4, 0.5) is 0 Å². The average molecular weight is 207 g/mol. The van der Waals surface area contributed by atoms with Gasteiger partial charge in [-0.1, -0.05) is 0 Å². The molecule has 0 bridgehead atoms. The molecule has 1 aliphatic heterocycles. The summed E-state index contributed by atoms with van der Waals surface area (Å²) in [6.07, 6.45) is 4.24. The molecule has 4 heteroatoms. The Labute approximate surface area is 90.1 Å². The number of ether oxygens (including phenoxy) is 1. The SMILES string of the molecule is CC1CC(NCc2cccnn2)CCO1. The maximum atomic E-state index is 5.49. The van der Waals surface area contributed by atoms with Crippen molar-refractivity contribution in [2.24, 2.45) is 0 Å². The number of rotatable bonds is 3. The van der Waals surface area contributed by atoms with Crippen LogP contribution in [-0.2, 0) is 11.3 Å². The van der Waals surface area contributed by atoms with Gasteiger partial charge in [0.05, 0.1) is 11.8 Å². The summed E-state index contributed by atoms with van der Waals surface area (Å²) in [5.74, 6) is 0. The van der Waals surface area contributed by atoms with Crippen LogP contribution in [0, 0.1) is 0 Å². The molecule has 0 spiro atoms. The van der Waals surface area contributed by atoms with E-state index in [1.165, 1.54) is 0 Å². The molecule has 0 saturated carbocycles. The third-order valence-corrected chi connectivity index (χ3v) is 2.68. The number of aromatic nitrogens is 2. The van der Waals surface area contributed by atoms with E-state index in [1.807, 2.05) is 12.1 Å². The van der Waals surface area contributed by atoms with Gasteiger partial charge in [0, 0.05) is 25.4 Å². The second-order valence-corrected chi connectivity index (χ2v) is 4.00. The lowest BCUT2D eigenvalue weighted by Gasteiger charge is -2.27. The van der Waals surface area contributed by atoms with Gasteiger partial charge >= 0.3 is 0 Å². The molecule has 2 unspecified atom stereocenters. The Morgan fingerprint density at radius 1 is 1.60 bits per heavy atom. The summed E-state index contributed by atoms with van der Waals surface area (Å²) in [5, 5.41) is 11.4. The fourth-order valence-electron chi connectivity index (χ4n) is 1.86. The van der Waals surface area contributed by atoms with Crippen molar-refractivity contribution < 1.29 is 4.74 Å². The van der Waals surface area contributed by atoms with E-state index in [0.717, 1.165) is 31.7 Å². The molecule has 0 radical (unpaired) electrons. The van der Waals surface area contributed by atoms with Crippen molar-refractivity contribution in [1.82, 2.24) is 15.5 Å². The summed E-state index contributed by atoms with van der Waals surface area (Å²) in [6.45, 7) is 3.78. The fraction of sp³-hybridized carbons (Fsp3) is 0.636. The molecule has 1 aliphatic rings. The first-order valence-corrected chi connectivity index (χ1v) is 5.46. The number of hydrogen-bond acceptors (Lipinski definition) is 4. The molecular formula is C11H17N3O. The van der Waals surface area contributed by atoms with E-state index in [9.17, 15) is 0 Å². The second kappa shape index (κ2) is 5.19. The van der Waals surface area contributed by atoms with Crippen LogP contribution < -0.4 is 5.32 Å². The third kappa shape index (κ3) is 3.25. The van der Waals surface area contributed by atoms with Crippen molar-refractivity contribution in [3.8, 4) is 0 Å². The lowest BCUT2D eigenvalue weighted by Crippen LogP contribution is -2.37. The Morgan fingerprint density at radius 2 is 2.53 bits per heavy atom. The molecule has 4 nitrogen and oxygen atoms in total. The zero-order valence-corrected chi connectivity index (χ0v) is 9.02. The van der Waals surface area contributed by atoms with Crippen molar-refractivity contribution in [2.45, 2.75) is 38.5 Å². The van der Waals surface area contributed by atoms with Crippen LogP contribution in [0.3, 0.4) is 0 Å². The molecule has 1 aromatic heterocycles. The number of nitrogens with zero attached hydrogens (tertiary/aromatic N) is 2. The Hall–Kier alpha value is -1.00. The molecule has 0 aliphatic carbocycles. The highest BCUT2D eigenvalue weighted by atomic mass is 16.5. The highest BCUT2D eigenvalue weighted by molar-refractivity contribution is 4.98. The van der Waals surface area contributed by atoms with Gasteiger partial charge in [0.1, 0.15) is 0 Å². The van der Waals surface area contributed by atoms with E-state index in [4.69, 9.17) is 4.74 Å². The van der Waals surface area contributed by atoms with Crippen molar-refractivity contribution in [3.05, 3.63) is 24.0 Å². The lowest BCUT2D eigenvalue weighted by atomic mass is 10.0. The topological polar surface area (TPSA) is 47.0 Å². The quantitative estimate of drug-likeness (QED) is 0.807. The monoisotopic (exact) mass is 207 g/mol. The van der Waals surface area contributed by atoms with E-state index in [1.54, 1.807) is 6.20 Å². The predicted octanol–water partition coefficient (Wildman–Crippen LogP) is 1.13.